The molecule has 3 aromatic heterocycles. The number of methoxy groups -OCH3 is 1. The van der Waals surface area contributed by atoms with Crippen molar-refractivity contribution in [1.29, 1.82) is 0 Å². The van der Waals surface area contributed by atoms with E-state index in [9.17, 15) is 0 Å². The maximum atomic E-state index is 5.50. The highest BCUT2D eigenvalue weighted by molar-refractivity contribution is 14.1. The van der Waals surface area contributed by atoms with Crippen LogP contribution in [0.5, 0.6) is 5.75 Å². The molecule has 0 atom stereocenters. The molecule has 0 fully saturated rings. The summed E-state index contributed by atoms with van der Waals surface area (Å²) in [4.78, 5) is 4.69. The molecule has 0 spiro atoms. The highest BCUT2D eigenvalue weighted by Crippen LogP contribution is 2.31. The van der Waals surface area contributed by atoms with Crippen LogP contribution in [0.2, 0.25) is 0 Å². The Labute approximate surface area is 165 Å². The lowest BCUT2D eigenvalue weighted by molar-refractivity contribution is 0.393. The number of nitrogens with zero attached hydrogens (tertiary/aromatic N) is 3. The van der Waals surface area contributed by atoms with Gasteiger partial charge in [0.25, 0.3) is 0 Å². The first kappa shape index (κ1) is 17.1. The number of rotatable bonds is 4. The van der Waals surface area contributed by atoms with Crippen LogP contribution in [0.3, 0.4) is 0 Å². The van der Waals surface area contributed by atoms with Gasteiger partial charge in [-0.1, -0.05) is 23.4 Å². The Hall–Kier alpha value is -2.35. The first-order valence-corrected chi connectivity index (χ1v) is 9.36. The summed E-state index contributed by atoms with van der Waals surface area (Å²) in [6, 6.07) is 10.2. The molecule has 0 unspecified atom stereocenters. The van der Waals surface area contributed by atoms with Crippen LogP contribution in [0.4, 0.5) is 0 Å². The molecule has 0 saturated heterocycles. The van der Waals surface area contributed by atoms with E-state index in [1.165, 1.54) is 0 Å². The van der Waals surface area contributed by atoms with E-state index in [4.69, 9.17) is 14.2 Å². The molecule has 0 radical (unpaired) electrons. The number of ether oxygens (including phenoxy) is 1. The third-order valence-electron chi connectivity index (χ3n) is 4.53. The quantitative estimate of drug-likeness (QED) is 0.405. The second kappa shape index (κ2) is 6.75. The van der Waals surface area contributed by atoms with Crippen LogP contribution >= 0.6 is 22.6 Å². The van der Waals surface area contributed by atoms with E-state index in [0.29, 0.717) is 0 Å². The maximum Gasteiger partial charge on any atom is 0.141 e. The van der Waals surface area contributed by atoms with E-state index in [1.807, 2.05) is 38.2 Å². The second-order valence-corrected chi connectivity index (χ2v) is 7.37. The number of halogens is 1. The van der Waals surface area contributed by atoms with Crippen molar-refractivity contribution in [1.82, 2.24) is 14.7 Å². The summed E-state index contributed by atoms with van der Waals surface area (Å²) in [7, 11) is 1.70. The van der Waals surface area contributed by atoms with E-state index in [-0.39, 0.29) is 0 Å². The number of fused-ring (bicyclic) bond motifs is 1. The van der Waals surface area contributed by atoms with Gasteiger partial charge in [-0.15, -0.1) is 0 Å². The lowest BCUT2D eigenvalue weighted by Gasteiger charge is -2.10. The molecule has 0 amide bonds. The Morgan fingerprint density at radius 3 is 2.77 bits per heavy atom. The zero-order valence-electron chi connectivity index (χ0n) is 14.8. The van der Waals surface area contributed by atoms with Crippen LogP contribution in [0, 0.1) is 17.4 Å². The monoisotopic (exact) mass is 459 g/mol. The minimum absolute atomic E-state index is 0.719. The molecular weight excluding hydrogens is 441 g/mol. The average Bonchev–Trinajstić information content (AvgIpc) is 3.14. The maximum absolute atomic E-state index is 5.50. The molecule has 0 aliphatic heterocycles. The van der Waals surface area contributed by atoms with Crippen molar-refractivity contribution in [2.45, 2.75) is 20.4 Å². The summed E-state index contributed by atoms with van der Waals surface area (Å²) >= 11 is 2.33. The fraction of sp³-hybridized carbons (Fsp3) is 0.200. The summed E-state index contributed by atoms with van der Waals surface area (Å²) in [6.45, 7) is 4.60. The van der Waals surface area contributed by atoms with Crippen molar-refractivity contribution >= 4 is 33.6 Å². The van der Waals surface area contributed by atoms with Crippen LogP contribution in [0.1, 0.15) is 17.0 Å². The van der Waals surface area contributed by atoms with Gasteiger partial charge < -0.3 is 13.8 Å². The Kier molecular flexibility index (Phi) is 4.44. The van der Waals surface area contributed by atoms with Crippen LogP contribution in [0.15, 0.2) is 47.2 Å². The molecule has 0 aliphatic rings. The fourth-order valence-corrected chi connectivity index (χ4v) is 4.06. The lowest BCUT2D eigenvalue weighted by atomic mass is 10.1. The van der Waals surface area contributed by atoms with Crippen molar-refractivity contribution in [3.8, 4) is 16.9 Å². The average molecular weight is 459 g/mol. The standard InChI is InChI=1S/C20H18IN3O2/c1-12-19(13(2)26-23-12)15-8-17-20(22-9-15)16(21)11-24(17)10-14-6-4-5-7-18(14)25-3/h4-9,11H,10H2,1-3H3. The molecular formula is C20H18IN3O2. The van der Waals surface area contributed by atoms with Gasteiger partial charge in [0, 0.05) is 29.1 Å². The van der Waals surface area contributed by atoms with Crippen molar-refractivity contribution in [3.63, 3.8) is 0 Å². The number of para-hydroxylation sites is 1. The Morgan fingerprint density at radius 1 is 1.23 bits per heavy atom. The van der Waals surface area contributed by atoms with Crippen molar-refractivity contribution in [3.05, 3.63) is 63.3 Å². The molecule has 5 nitrogen and oxygen atoms in total. The molecule has 26 heavy (non-hydrogen) atoms. The predicted molar refractivity (Wildman–Crippen MR) is 110 cm³/mol. The number of hydrogen-bond donors (Lipinski definition) is 0. The second-order valence-electron chi connectivity index (χ2n) is 6.21. The zero-order valence-corrected chi connectivity index (χ0v) is 16.9. The number of hydrogen-bond acceptors (Lipinski definition) is 4. The number of aromatic nitrogens is 3. The van der Waals surface area contributed by atoms with Crippen LogP contribution < -0.4 is 4.74 Å². The minimum atomic E-state index is 0.719. The zero-order chi connectivity index (χ0) is 18.3. The van der Waals surface area contributed by atoms with Crippen molar-refractivity contribution < 1.29 is 9.26 Å². The lowest BCUT2D eigenvalue weighted by Crippen LogP contribution is -2.00. The van der Waals surface area contributed by atoms with Gasteiger partial charge in [0.2, 0.25) is 0 Å². The molecule has 3 heterocycles. The van der Waals surface area contributed by atoms with Gasteiger partial charge in [0.05, 0.1) is 28.4 Å². The summed E-state index contributed by atoms with van der Waals surface area (Å²) in [5, 5.41) is 4.06. The first-order valence-electron chi connectivity index (χ1n) is 8.28. The first-order chi connectivity index (χ1) is 12.6. The molecule has 132 valence electrons. The smallest absolute Gasteiger partial charge is 0.141 e. The van der Waals surface area contributed by atoms with Crippen molar-refractivity contribution in [2.75, 3.05) is 7.11 Å². The molecule has 0 aliphatic carbocycles. The number of benzene rings is 1. The third kappa shape index (κ3) is 2.88. The number of aryl methyl sites for hydroxylation is 2. The summed E-state index contributed by atoms with van der Waals surface area (Å²) < 4.78 is 14.2. The molecule has 6 heteroatoms. The van der Waals surface area contributed by atoms with E-state index in [1.54, 1.807) is 7.11 Å². The normalized spacial score (nSPS) is 11.2. The van der Waals surface area contributed by atoms with Crippen LogP contribution in [-0.4, -0.2) is 21.8 Å². The third-order valence-corrected chi connectivity index (χ3v) is 5.32. The molecule has 4 aromatic rings. The molecule has 0 bridgehead atoms. The van der Waals surface area contributed by atoms with Crippen LogP contribution in [0.25, 0.3) is 22.2 Å². The molecule has 0 saturated carbocycles. The summed E-state index contributed by atoms with van der Waals surface area (Å²) in [5.41, 5.74) is 6.12. The van der Waals surface area contributed by atoms with E-state index < -0.39 is 0 Å². The Balaban J connectivity index is 1.84. The molecule has 4 rings (SSSR count). The predicted octanol–water partition coefficient (Wildman–Crippen LogP) is 4.97. The highest BCUT2D eigenvalue weighted by atomic mass is 127. The van der Waals surface area contributed by atoms with Crippen LogP contribution in [-0.2, 0) is 6.54 Å². The fourth-order valence-electron chi connectivity index (χ4n) is 3.30. The highest BCUT2D eigenvalue weighted by Gasteiger charge is 2.16. The summed E-state index contributed by atoms with van der Waals surface area (Å²) in [6.07, 6.45) is 4.02. The molecule has 1 aromatic carbocycles. The Morgan fingerprint density at radius 2 is 2.04 bits per heavy atom. The van der Waals surface area contributed by atoms with E-state index in [0.717, 1.165) is 55.0 Å². The SMILES string of the molecule is COc1ccccc1Cn1cc(I)c2ncc(-c3c(C)noc3C)cc21. The van der Waals surface area contributed by atoms with Gasteiger partial charge in [0.1, 0.15) is 17.0 Å². The van der Waals surface area contributed by atoms with Gasteiger partial charge in [-0.05, 0) is 48.6 Å². The van der Waals surface area contributed by atoms with Gasteiger partial charge in [-0.2, -0.15) is 0 Å². The van der Waals surface area contributed by atoms with Gasteiger partial charge in [-0.25, -0.2) is 0 Å². The number of pyridine rings is 1. The van der Waals surface area contributed by atoms with E-state index in [2.05, 4.69) is 50.6 Å². The minimum Gasteiger partial charge on any atom is -0.496 e. The van der Waals surface area contributed by atoms with Gasteiger partial charge in [-0.3, -0.25) is 4.98 Å². The molecule has 0 N–H and O–H groups in total. The Bertz CT molecular complexity index is 1080. The van der Waals surface area contributed by atoms with E-state index >= 15 is 0 Å². The van der Waals surface area contributed by atoms with Gasteiger partial charge >= 0.3 is 0 Å². The summed E-state index contributed by atoms with van der Waals surface area (Å²) in [5.74, 6) is 1.69. The van der Waals surface area contributed by atoms with Gasteiger partial charge in [0.15, 0.2) is 0 Å². The largest absolute Gasteiger partial charge is 0.496 e. The van der Waals surface area contributed by atoms with Crippen molar-refractivity contribution in [2.24, 2.45) is 0 Å². The topological polar surface area (TPSA) is 53.1 Å².